The molecule has 98 valence electrons. The predicted octanol–water partition coefficient (Wildman–Crippen LogP) is 3.36. The summed E-state index contributed by atoms with van der Waals surface area (Å²) < 4.78 is 5.48. The maximum atomic E-state index is 10.8. The van der Waals surface area contributed by atoms with Gasteiger partial charge in [0.1, 0.15) is 5.75 Å². The van der Waals surface area contributed by atoms with Crippen LogP contribution in [0, 0.1) is 6.92 Å². The molecule has 0 spiro atoms. The maximum absolute atomic E-state index is 10.8. The molecule has 1 aromatic rings. The van der Waals surface area contributed by atoms with Crippen LogP contribution < -0.4 is 4.74 Å². The highest BCUT2D eigenvalue weighted by atomic mass is 16.5. The molecule has 0 aromatic heterocycles. The molecule has 1 aromatic carbocycles. The quantitative estimate of drug-likeness (QED) is 0.829. The second-order valence-electron chi connectivity index (χ2n) is 5.68. The zero-order valence-corrected chi connectivity index (χ0v) is 11.7. The number of ether oxygens (including phenoxy) is 1. The zero-order chi connectivity index (χ0) is 13.6. The second kappa shape index (κ2) is 4.13. The van der Waals surface area contributed by atoms with E-state index in [0.717, 1.165) is 35.3 Å². The van der Waals surface area contributed by atoms with Crippen LogP contribution in [0.25, 0.3) is 0 Å². The Bertz CT molecular complexity index is 492. The summed E-state index contributed by atoms with van der Waals surface area (Å²) in [6.07, 6.45) is 1.73. The number of methoxy groups -OCH3 is 1. The van der Waals surface area contributed by atoms with Gasteiger partial charge in [-0.05, 0) is 43.9 Å². The largest absolute Gasteiger partial charge is 0.496 e. The van der Waals surface area contributed by atoms with Crippen LogP contribution in [0.15, 0.2) is 30.4 Å². The van der Waals surface area contributed by atoms with Crippen LogP contribution in [0.3, 0.4) is 0 Å². The molecule has 2 heteroatoms. The van der Waals surface area contributed by atoms with Gasteiger partial charge in [-0.1, -0.05) is 25.6 Å². The Morgan fingerprint density at radius 2 is 2.06 bits per heavy atom. The Kier molecular flexibility index (Phi) is 3.02. The molecule has 1 N–H and O–H groups in total. The van der Waals surface area contributed by atoms with Crippen molar-refractivity contribution in [3.05, 3.63) is 41.5 Å². The third-order valence-electron chi connectivity index (χ3n) is 4.56. The molecular formula is C16H22O2. The average molecular weight is 246 g/mol. The SMILES string of the molecule is C=C(C)[C@]1(O)CC[C@]1(C)c1ccc(C)cc1OC. The minimum Gasteiger partial charge on any atom is -0.496 e. The summed E-state index contributed by atoms with van der Waals surface area (Å²) in [4.78, 5) is 0. The Balaban J connectivity index is 2.52. The molecule has 0 aliphatic heterocycles. The van der Waals surface area contributed by atoms with E-state index < -0.39 is 5.60 Å². The average Bonchev–Trinajstić information content (AvgIpc) is 2.35. The maximum Gasteiger partial charge on any atom is 0.122 e. The van der Waals surface area contributed by atoms with Crippen LogP contribution in [0.4, 0.5) is 0 Å². The molecule has 0 heterocycles. The number of aliphatic hydroxyl groups is 1. The monoisotopic (exact) mass is 246 g/mol. The smallest absolute Gasteiger partial charge is 0.122 e. The molecule has 0 amide bonds. The first-order chi connectivity index (χ1) is 8.35. The van der Waals surface area contributed by atoms with E-state index in [4.69, 9.17) is 4.74 Å². The summed E-state index contributed by atoms with van der Waals surface area (Å²) in [6.45, 7) is 9.99. The number of hydrogen-bond donors (Lipinski definition) is 1. The van der Waals surface area contributed by atoms with Crippen molar-refractivity contribution in [2.75, 3.05) is 7.11 Å². The van der Waals surface area contributed by atoms with Gasteiger partial charge in [-0.3, -0.25) is 0 Å². The van der Waals surface area contributed by atoms with Crippen molar-refractivity contribution in [1.82, 2.24) is 0 Å². The van der Waals surface area contributed by atoms with E-state index in [1.165, 1.54) is 0 Å². The van der Waals surface area contributed by atoms with Gasteiger partial charge in [-0.25, -0.2) is 0 Å². The molecule has 0 radical (unpaired) electrons. The summed E-state index contributed by atoms with van der Waals surface area (Å²) in [7, 11) is 1.68. The first kappa shape index (κ1) is 13.2. The number of benzene rings is 1. The fourth-order valence-corrected chi connectivity index (χ4v) is 3.03. The summed E-state index contributed by atoms with van der Waals surface area (Å²) in [5.74, 6) is 0.858. The van der Waals surface area contributed by atoms with E-state index in [-0.39, 0.29) is 5.41 Å². The Morgan fingerprint density at radius 1 is 1.39 bits per heavy atom. The highest BCUT2D eigenvalue weighted by Crippen LogP contribution is 2.56. The Hall–Kier alpha value is -1.28. The minimum absolute atomic E-state index is 0.294. The number of hydrogen-bond acceptors (Lipinski definition) is 2. The third-order valence-corrected chi connectivity index (χ3v) is 4.56. The summed E-state index contributed by atoms with van der Waals surface area (Å²) in [6, 6.07) is 6.17. The molecule has 0 unspecified atom stereocenters. The third kappa shape index (κ3) is 1.59. The second-order valence-corrected chi connectivity index (χ2v) is 5.68. The first-order valence-electron chi connectivity index (χ1n) is 6.38. The number of aryl methyl sites for hydroxylation is 1. The standard InChI is InChI=1S/C16H22O2/c1-11(2)16(17)9-8-15(16,4)13-7-6-12(3)10-14(13)18-5/h6-7,10,17H,1,8-9H2,2-5H3/t15-,16-/m1/s1. The van der Waals surface area contributed by atoms with Crippen molar-refractivity contribution in [2.45, 2.75) is 44.6 Å². The van der Waals surface area contributed by atoms with Gasteiger partial charge in [0.05, 0.1) is 12.7 Å². The van der Waals surface area contributed by atoms with Gasteiger partial charge in [0.25, 0.3) is 0 Å². The fourth-order valence-electron chi connectivity index (χ4n) is 3.03. The molecule has 1 saturated carbocycles. The van der Waals surface area contributed by atoms with Crippen molar-refractivity contribution in [2.24, 2.45) is 0 Å². The Labute approximate surface area is 109 Å². The van der Waals surface area contributed by atoms with Gasteiger partial charge in [0.15, 0.2) is 0 Å². The summed E-state index contributed by atoms with van der Waals surface area (Å²) in [5, 5.41) is 10.8. The molecule has 0 bridgehead atoms. The van der Waals surface area contributed by atoms with Crippen LogP contribution in [0.2, 0.25) is 0 Å². The van der Waals surface area contributed by atoms with E-state index in [1.807, 2.05) is 19.9 Å². The van der Waals surface area contributed by atoms with Gasteiger partial charge in [-0.15, -0.1) is 0 Å². The van der Waals surface area contributed by atoms with Crippen molar-refractivity contribution in [3.63, 3.8) is 0 Å². The summed E-state index contributed by atoms with van der Waals surface area (Å²) >= 11 is 0. The highest BCUT2D eigenvalue weighted by molar-refractivity contribution is 5.48. The van der Waals surface area contributed by atoms with Crippen molar-refractivity contribution in [1.29, 1.82) is 0 Å². The molecule has 2 nitrogen and oxygen atoms in total. The molecule has 1 aliphatic rings. The van der Waals surface area contributed by atoms with E-state index in [0.29, 0.717) is 0 Å². The van der Waals surface area contributed by atoms with Crippen LogP contribution in [-0.2, 0) is 5.41 Å². The van der Waals surface area contributed by atoms with E-state index in [1.54, 1.807) is 7.11 Å². The topological polar surface area (TPSA) is 29.5 Å². The molecule has 18 heavy (non-hydrogen) atoms. The molecule has 1 fully saturated rings. The van der Waals surface area contributed by atoms with Gasteiger partial charge < -0.3 is 9.84 Å². The van der Waals surface area contributed by atoms with Crippen molar-refractivity contribution >= 4 is 0 Å². The normalized spacial score (nSPS) is 30.7. The fraction of sp³-hybridized carbons (Fsp3) is 0.500. The Morgan fingerprint density at radius 3 is 2.50 bits per heavy atom. The highest BCUT2D eigenvalue weighted by Gasteiger charge is 2.57. The zero-order valence-electron chi connectivity index (χ0n) is 11.7. The lowest BCUT2D eigenvalue weighted by atomic mass is 9.52. The molecule has 2 atom stereocenters. The van der Waals surface area contributed by atoms with Crippen LogP contribution in [0.5, 0.6) is 5.75 Å². The lowest BCUT2D eigenvalue weighted by Gasteiger charge is -2.55. The predicted molar refractivity (Wildman–Crippen MR) is 74.1 cm³/mol. The molecule has 1 aliphatic carbocycles. The van der Waals surface area contributed by atoms with Crippen LogP contribution in [0.1, 0.15) is 37.8 Å². The molecule has 2 rings (SSSR count). The van der Waals surface area contributed by atoms with Gasteiger partial charge in [0.2, 0.25) is 0 Å². The number of rotatable bonds is 3. The minimum atomic E-state index is -0.810. The first-order valence-corrected chi connectivity index (χ1v) is 6.38. The lowest BCUT2D eigenvalue weighted by molar-refractivity contribution is -0.0796. The lowest BCUT2D eigenvalue weighted by Crippen LogP contribution is -2.59. The van der Waals surface area contributed by atoms with Gasteiger partial charge in [0, 0.05) is 11.0 Å². The van der Waals surface area contributed by atoms with E-state index >= 15 is 0 Å². The van der Waals surface area contributed by atoms with E-state index in [2.05, 4.69) is 25.6 Å². The van der Waals surface area contributed by atoms with E-state index in [9.17, 15) is 5.11 Å². The van der Waals surface area contributed by atoms with Crippen molar-refractivity contribution in [3.8, 4) is 5.75 Å². The van der Waals surface area contributed by atoms with Gasteiger partial charge in [-0.2, -0.15) is 0 Å². The van der Waals surface area contributed by atoms with Crippen molar-refractivity contribution < 1.29 is 9.84 Å². The van der Waals surface area contributed by atoms with Crippen LogP contribution >= 0.6 is 0 Å². The van der Waals surface area contributed by atoms with Crippen LogP contribution in [-0.4, -0.2) is 17.8 Å². The molecule has 0 saturated heterocycles. The van der Waals surface area contributed by atoms with Gasteiger partial charge >= 0.3 is 0 Å². The summed E-state index contributed by atoms with van der Waals surface area (Å²) in [5.41, 5.74) is 1.97. The molecular weight excluding hydrogens is 224 g/mol.